The highest BCUT2D eigenvalue weighted by Crippen LogP contribution is 2.59. The molecule has 10 nitrogen and oxygen atoms in total. The minimum atomic E-state index is -3.78. The minimum absolute atomic E-state index is 0.350. The molecule has 2 aromatic rings. The van der Waals surface area contributed by atoms with E-state index >= 15 is 0 Å². The molecule has 2 aromatic heterocycles. The first-order valence-electron chi connectivity index (χ1n) is 8.42. The number of aromatic nitrogens is 4. The molecule has 0 radical (unpaired) electrons. The Morgan fingerprint density at radius 2 is 2.04 bits per heavy atom. The summed E-state index contributed by atoms with van der Waals surface area (Å²) in [6.07, 6.45) is -1.32. The lowest BCUT2D eigenvalue weighted by atomic mass is 10.1. The van der Waals surface area contributed by atoms with Gasteiger partial charge in [-0.15, -0.1) is 0 Å². The summed E-state index contributed by atoms with van der Waals surface area (Å²) in [5.74, 6) is 0. The summed E-state index contributed by atoms with van der Waals surface area (Å²) in [5, 5.41) is 10.8. The quantitative estimate of drug-likeness (QED) is 0.789. The highest BCUT2D eigenvalue weighted by molar-refractivity contribution is 7.48. The van der Waals surface area contributed by atoms with Gasteiger partial charge in [-0.2, -0.15) is 0 Å². The maximum Gasteiger partial charge on any atom is 0.475 e. The van der Waals surface area contributed by atoms with Crippen molar-refractivity contribution in [2.45, 2.75) is 64.4 Å². The number of rotatable bonds is 3. The van der Waals surface area contributed by atoms with E-state index in [-0.39, 0.29) is 6.10 Å². The van der Waals surface area contributed by atoms with Crippen molar-refractivity contribution in [3.05, 3.63) is 18.3 Å². The number of fused-ring (bicyclic) bond motifs is 2. The topological polar surface area (TPSA) is 118 Å². The number of hydrogen-bond acceptors (Lipinski definition) is 9. The van der Waals surface area contributed by atoms with Crippen molar-refractivity contribution in [2.24, 2.45) is 0 Å². The predicted molar refractivity (Wildman–Crippen MR) is 89.2 cm³/mol. The van der Waals surface area contributed by atoms with Crippen LogP contribution in [0.5, 0.6) is 0 Å². The highest BCUT2D eigenvalue weighted by Gasteiger charge is 2.56. The number of nitrogens with zero attached hydrogens (tertiary/aromatic N) is 4. The Kier molecular flexibility index (Phi) is 4.37. The van der Waals surface area contributed by atoms with Gasteiger partial charge in [-0.3, -0.25) is 18.1 Å². The summed E-state index contributed by atoms with van der Waals surface area (Å²) in [4.78, 5) is 12.6. The van der Waals surface area contributed by atoms with Crippen LogP contribution in [0.2, 0.25) is 0 Å². The minimum Gasteiger partial charge on any atom is -0.386 e. The van der Waals surface area contributed by atoms with Crippen molar-refractivity contribution in [1.82, 2.24) is 19.5 Å². The van der Waals surface area contributed by atoms with E-state index in [1.807, 2.05) is 6.92 Å². The summed E-state index contributed by atoms with van der Waals surface area (Å²) < 4.78 is 36.6. The van der Waals surface area contributed by atoms with Crippen LogP contribution in [-0.2, 0) is 22.9 Å². The highest BCUT2D eigenvalue weighted by atomic mass is 31.2. The van der Waals surface area contributed by atoms with E-state index in [4.69, 9.17) is 18.3 Å². The third-order valence-electron chi connectivity index (χ3n) is 4.41. The molecule has 4 heterocycles. The average Bonchev–Trinajstić information content (AvgIpc) is 3.09. The Morgan fingerprint density at radius 3 is 2.77 bits per heavy atom. The lowest BCUT2D eigenvalue weighted by Crippen LogP contribution is -2.44. The molecule has 6 atom stereocenters. The summed E-state index contributed by atoms with van der Waals surface area (Å²) in [6, 6.07) is 0. The zero-order valence-electron chi connectivity index (χ0n) is 14.8. The Labute approximate surface area is 150 Å². The summed E-state index contributed by atoms with van der Waals surface area (Å²) in [7, 11) is -3.78. The molecule has 142 valence electrons. The molecule has 2 aliphatic rings. The number of aliphatic hydroxyl groups is 1. The molecule has 11 heteroatoms. The van der Waals surface area contributed by atoms with Crippen LogP contribution in [0, 0.1) is 6.92 Å². The number of phosphoric ester groups is 1. The van der Waals surface area contributed by atoms with Crippen LogP contribution >= 0.6 is 7.82 Å². The normalized spacial score (nSPS) is 37.4. The summed E-state index contributed by atoms with van der Waals surface area (Å²) >= 11 is 0. The van der Waals surface area contributed by atoms with Crippen molar-refractivity contribution in [3.8, 4) is 0 Å². The van der Waals surface area contributed by atoms with E-state index in [2.05, 4.69) is 15.0 Å². The molecule has 2 saturated heterocycles. The molecule has 2 unspecified atom stereocenters. The van der Waals surface area contributed by atoms with Gasteiger partial charge in [0, 0.05) is 0 Å². The molecule has 0 bridgehead atoms. The monoisotopic (exact) mass is 384 g/mol. The van der Waals surface area contributed by atoms with Gasteiger partial charge in [0.15, 0.2) is 11.9 Å². The van der Waals surface area contributed by atoms with Crippen molar-refractivity contribution < 1.29 is 28.0 Å². The summed E-state index contributed by atoms with van der Waals surface area (Å²) in [5.41, 5.74) is 1.88. The largest absolute Gasteiger partial charge is 0.475 e. The zero-order valence-corrected chi connectivity index (χ0v) is 15.7. The predicted octanol–water partition coefficient (Wildman–Crippen LogP) is 1.73. The lowest BCUT2D eigenvalue weighted by molar-refractivity contribution is -0.106. The first-order chi connectivity index (χ1) is 12.3. The molecule has 2 fully saturated rings. The van der Waals surface area contributed by atoms with Crippen LogP contribution in [0.3, 0.4) is 0 Å². The van der Waals surface area contributed by atoms with Crippen LogP contribution in [0.15, 0.2) is 12.7 Å². The van der Waals surface area contributed by atoms with E-state index in [1.54, 1.807) is 25.3 Å². The first kappa shape index (κ1) is 18.0. The van der Waals surface area contributed by atoms with E-state index in [0.717, 1.165) is 5.69 Å². The van der Waals surface area contributed by atoms with Crippen LogP contribution in [0.4, 0.5) is 0 Å². The van der Waals surface area contributed by atoms with Gasteiger partial charge in [-0.25, -0.2) is 19.5 Å². The number of hydrogen-bond donors (Lipinski definition) is 1. The fourth-order valence-corrected chi connectivity index (χ4v) is 5.04. The molecule has 0 aromatic carbocycles. The van der Waals surface area contributed by atoms with Gasteiger partial charge in [0.2, 0.25) is 0 Å². The summed E-state index contributed by atoms with van der Waals surface area (Å²) in [6.45, 7) is 7.00. The fourth-order valence-electron chi connectivity index (χ4n) is 3.31. The lowest BCUT2D eigenvalue weighted by Gasteiger charge is -2.35. The van der Waals surface area contributed by atoms with E-state index in [0.29, 0.717) is 11.2 Å². The third-order valence-corrected chi connectivity index (χ3v) is 6.19. The fraction of sp³-hybridized carbons (Fsp3) is 0.667. The van der Waals surface area contributed by atoms with E-state index in [9.17, 15) is 9.67 Å². The molecule has 0 spiro atoms. The van der Waals surface area contributed by atoms with Gasteiger partial charge in [-0.1, -0.05) is 0 Å². The Balaban J connectivity index is 1.66. The van der Waals surface area contributed by atoms with Crippen LogP contribution < -0.4 is 0 Å². The number of imidazole rings is 1. The molecule has 0 amide bonds. The van der Waals surface area contributed by atoms with Gasteiger partial charge in [0.25, 0.3) is 0 Å². The SMILES string of the molecule is Cc1ncnc2c1ncn2[C@@H]1O[C@@H]2C(C)OP(=O)(OC(C)C)O[C@H]2[C@H]1O. The second-order valence-electron chi connectivity index (χ2n) is 6.75. The molecule has 0 saturated carbocycles. The standard InChI is InChI=1S/C15H21N4O6P/c1-7(2)23-26(21)24-9(4)12-13(25-26)11(20)15(22-12)19-6-18-10-8(3)16-5-17-14(10)19/h5-7,9,11-13,15,20H,1-4H3/t9?,11-,12-,13+,15-,26?/m1/s1. The smallest absolute Gasteiger partial charge is 0.386 e. The van der Waals surface area contributed by atoms with Gasteiger partial charge < -0.3 is 9.84 Å². The first-order valence-corrected chi connectivity index (χ1v) is 9.88. The molecule has 0 aliphatic carbocycles. The zero-order chi connectivity index (χ0) is 18.6. The van der Waals surface area contributed by atoms with Crippen molar-refractivity contribution >= 4 is 19.0 Å². The maximum atomic E-state index is 12.7. The average molecular weight is 384 g/mol. The van der Waals surface area contributed by atoms with Gasteiger partial charge in [-0.05, 0) is 27.7 Å². The Morgan fingerprint density at radius 1 is 1.27 bits per heavy atom. The van der Waals surface area contributed by atoms with Gasteiger partial charge >= 0.3 is 7.82 Å². The molecular formula is C15H21N4O6P. The Hall–Kier alpha value is -1.42. The number of aliphatic hydroxyl groups excluding tert-OH is 1. The van der Waals surface area contributed by atoms with Crippen LogP contribution in [0.25, 0.3) is 11.2 Å². The van der Waals surface area contributed by atoms with Crippen molar-refractivity contribution in [1.29, 1.82) is 0 Å². The van der Waals surface area contributed by atoms with Crippen LogP contribution in [-0.4, -0.2) is 55.1 Å². The Bertz CT molecular complexity index is 873. The van der Waals surface area contributed by atoms with Crippen molar-refractivity contribution in [2.75, 3.05) is 0 Å². The molecule has 1 N–H and O–H groups in total. The molecule has 26 heavy (non-hydrogen) atoms. The second kappa shape index (κ2) is 6.33. The molecule has 2 aliphatic heterocycles. The number of ether oxygens (including phenoxy) is 1. The van der Waals surface area contributed by atoms with Gasteiger partial charge in [0.05, 0.1) is 24.2 Å². The van der Waals surface area contributed by atoms with Crippen molar-refractivity contribution in [3.63, 3.8) is 0 Å². The van der Waals surface area contributed by atoms with E-state index < -0.39 is 38.5 Å². The second-order valence-corrected chi connectivity index (χ2v) is 8.27. The molecular weight excluding hydrogens is 363 g/mol. The maximum absolute atomic E-state index is 12.7. The number of aryl methyl sites for hydroxylation is 1. The van der Waals surface area contributed by atoms with Crippen LogP contribution in [0.1, 0.15) is 32.7 Å². The number of phosphoric acid groups is 1. The van der Waals surface area contributed by atoms with E-state index in [1.165, 1.54) is 12.7 Å². The molecule has 4 rings (SSSR count). The third kappa shape index (κ3) is 2.87. The van der Waals surface area contributed by atoms with Gasteiger partial charge in [0.1, 0.15) is 30.2 Å².